The molecular formula is C26H54. The van der Waals surface area contributed by atoms with Gasteiger partial charge in [0.05, 0.1) is 0 Å². The molecule has 0 aromatic heterocycles. The molecule has 0 aliphatic rings. The van der Waals surface area contributed by atoms with Crippen molar-refractivity contribution in [2.75, 3.05) is 0 Å². The lowest BCUT2D eigenvalue weighted by atomic mass is 9.80. The van der Waals surface area contributed by atoms with Gasteiger partial charge in [0.25, 0.3) is 0 Å². The summed E-state index contributed by atoms with van der Waals surface area (Å²) in [5.74, 6) is 0. The minimum atomic E-state index is 0.620. The van der Waals surface area contributed by atoms with Crippen molar-refractivity contribution in [1.29, 1.82) is 0 Å². The van der Waals surface area contributed by atoms with Crippen LogP contribution in [-0.4, -0.2) is 0 Å². The molecule has 26 heavy (non-hydrogen) atoms. The Morgan fingerprint density at radius 3 is 0.923 bits per heavy atom. The van der Waals surface area contributed by atoms with Gasteiger partial charge in [-0.05, 0) is 11.8 Å². The summed E-state index contributed by atoms with van der Waals surface area (Å²) in [6.45, 7) is 9.49. The summed E-state index contributed by atoms with van der Waals surface area (Å²) >= 11 is 0. The highest BCUT2D eigenvalue weighted by Gasteiger charge is 2.18. The lowest BCUT2D eigenvalue weighted by Crippen LogP contribution is -2.13. The van der Waals surface area contributed by atoms with Gasteiger partial charge in [-0.3, -0.25) is 0 Å². The first-order valence-corrected chi connectivity index (χ1v) is 12.7. The van der Waals surface area contributed by atoms with Crippen LogP contribution in [0.5, 0.6) is 0 Å². The molecule has 0 N–H and O–H groups in total. The lowest BCUT2D eigenvalue weighted by Gasteiger charge is -2.26. The molecule has 0 nitrogen and oxygen atoms in total. The second-order valence-corrected chi connectivity index (χ2v) is 9.28. The first-order chi connectivity index (χ1) is 12.7. The molecule has 0 rings (SSSR count). The fourth-order valence-electron chi connectivity index (χ4n) is 4.06. The third-order valence-electron chi connectivity index (χ3n) is 6.84. The topological polar surface area (TPSA) is 0 Å². The molecular weight excluding hydrogens is 312 g/mol. The monoisotopic (exact) mass is 366 g/mol. The quantitative estimate of drug-likeness (QED) is 0.177. The smallest absolute Gasteiger partial charge is 0.0331 e. The summed E-state index contributed by atoms with van der Waals surface area (Å²) in [7, 11) is 0. The van der Waals surface area contributed by atoms with Crippen LogP contribution in [0, 0.1) is 5.41 Å². The number of hydrogen-bond acceptors (Lipinski definition) is 0. The molecule has 158 valence electrons. The molecule has 0 aliphatic carbocycles. The third-order valence-corrected chi connectivity index (χ3v) is 6.84. The Morgan fingerprint density at radius 2 is 0.654 bits per heavy atom. The van der Waals surface area contributed by atoms with Crippen LogP contribution in [0.15, 0.2) is 0 Å². The van der Waals surface area contributed by atoms with Crippen molar-refractivity contribution in [2.45, 2.75) is 163 Å². The van der Waals surface area contributed by atoms with Gasteiger partial charge in [0.15, 0.2) is 0 Å². The largest absolute Gasteiger partial charge is 0.0654 e. The van der Waals surface area contributed by atoms with Gasteiger partial charge < -0.3 is 0 Å². The molecule has 0 aromatic carbocycles. The van der Waals surface area contributed by atoms with E-state index in [-0.39, 0.29) is 0 Å². The maximum Gasteiger partial charge on any atom is -0.0331 e. The van der Waals surface area contributed by atoms with Gasteiger partial charge >= 0.3 is 0 Å². The molecule has 0 spiro atoms. The van der Waals surface area contributed by atoms with E-state index in [0.29, 0.717) is 5.41 Å². The zero-order valence-corrected chi connectivity index (χ0v) is 19.3. The van der Waals surface area contributed by atoms with Gasteiger partial charge in [-0.2, -0.15) is 0 Å². The Balaban J connectivity index is 3.11. The summed E-state index contributed by atoms with van der Waals surface area (Å²) < 4.78 is 0. The highest BCUT2D eigenvalue weighted by Crippen LogP contribution is 2.31. The Morgan fingerprint density at radius 1 is 0.385 bits per heavy atom. The average Bonchev–Trinajstić information content (AvgIpc) is 2.66. The van der Waals surface area contributed by atoms with Crippen molar-refractivity contribution < 1.29 is 0 Å². The summed E-state index contributed by atoms with van der Waals surface area (Å²) in [4.78, 5) is 0. The normalized spacial score (nSPS) is 12.0. The second kappa shape index (κ2) is 19.8. The number of rotatable bonds is 21. The molecule has 0 unspecified atom stereocenters. The van der Waals surface area contributed by atoms with Crippen LogP contribution in [0.25, 0.3) is 0 Å². The Hall–Kier alpha value is 0. The van der Waals surface area contributed by atoms with Gasteiger partial charge in [-0.25, -0.2) is 0 Å². The molecule has 0 aromatic rings. The summed E-state index contributed by atoms with van der Waals surface area (Å²) in [6.07, 6.45) is 30.6. The minimum Gasteiger partial charge on any atom is -0.0654 e. The van der Waals surface area contributed by atoms with E-state index in [1.54, 1.807) is 0 Å². The third kappa shape index (κ3) is 17.4. The van der Waals surface area contributed by atoms with Crippen LogP contribution in [0.1, 0.15) is 163 Å². The van der Waals surface area contributed by atoms with Gasteiger partial charge in [-0.1, -0.05) is 156 Å². The van der Waals surface area contributed by atoms with Crippen molar-refractivity contribution >= 4 is 0 Å². The van der Waals surface area contributed by atoms with E-state index in [2.05, 4.69) is 27.7 Å². The molecule has 0 heteroatoms. The number of unbranched alkanes of at least 4 members (excludes halogenated alkanes) is 17. The molecule has 0 saturated heterocycles. The average molecular weight is 367 g/mol. The maximum atomic E-state index is 2.47. The minimum absolute atomic E-state index is 0.620. The van der Waals surface area contributed by atoms with Crippen LogP contribution in [0.4, 0.5) is 0 Å². The highest BCUT2D eigenvalue weighted by molar-refractivity contribution is 4.70. The highest BCUT2D eigenvalue weighted by atomic mass is 14.2. The SMILES string of the molecule is CCCCCCCCCCCCCCCCCCCCC(C)(CC)CC. The summed E-state index contributed by atoms with van der Waals surface area (Å²) in [5, 5.41) is 0. The van der Waals surface area contributed by atoms with E-state index < -0.39 is 0 Å². The van der Waals surface area contributed by atoms with Crippen molar-refractivity contribution in [3.05, 3.63) is 0 Å². The maximum absolute atomic E-state index is 2.47. The van der Waals surface area contributed by atoms with Crippen molar-refractivity contribution in [2.24, 2.45) is 5.41 Å². The Kier molecular flexibility index (Phi) is 19.8. The van der Waals surface area contributed by atoms with Gasteiger partial charge in [0.1, 0.15) is 0 Å². The van der Waals surface area contributed by atoms with Crippen LogP contribution >= 0.6 is 0 Å². The molecule has 0 radical (unpaired) electrons. The van der Waals surface area contributed by atoms with Crippen LogP contribution in [0.2, 0.25) is 0 Å². The molecule has 0 fully saturated rings. The van der Waals surface area contributed by atoms with Crippen molar-refractivity contribution in [3.8, 4) is 0 Å². The molecule has 0 atom stereocenters. The van der Waals surface area contributed by atoms with E-state index in [1.165, 1.54) is 135 Å². The lowest BCUT2D eigenvalue weighted by molar-refractivity contribution is 0.261. The van der Waals surface area contributed by atoms with Gasteiger partial charge in [-0.15, -0.1) is 0 Å². The molecule has 0 amide bonds. The van der Waals surface area contributed by atoms with Crippen molar-refractivity contribution in [1.82, 2.24) is 0 Å². The first-order valence-electron chi connectivity index (χ1n) is 12.7. The summed E-state index contributed by atoms with van der Waals surface area (Å²) in [5.41, 5.74) is 0.620. The van der Waals surface area contributed by atoms with Crippen LogP contribution in [0.3, 0.4) is 0 Å². The van der Waals surface area contributed by atoms with Gasteiger partial charge in [0, 0.05) is 0 Å². The fourth-order valence-corrected chi connectivity index (χ4v) is 4.06. The molecule has 0 saturated carbocycles. The van der Waals surface area contributed by atoms with Crippen molar-refractivity contribution in [3.63, 3.8) is 0 Å². The molecule has 0 bridgehead atoms. The van der Waals surface area contributed by atoms with Gasteiger partial charge in [0.2, 0.25) is 0 Å². The Bertz CT molecular complexity index is 251. The molecule has 0 aliphatic heterocycles. The van der Waals surface area contributed by atoms with E-state index in [9.17, 15) is 0 Å². The number of hydrogen-bond donors (Lipinski definition) is 0. The van der Waals surface area contributed by atoms with E-state index in [1.807, 2.05) is 0 Å². The zero-order chi connectivity index (χ0) is 19.3. The summed E-state index contributed by atoms with van der Waals surface area (Å²) in [6, 6.07) is 0. The first kappa shape index (κ1) is 26.0. The fraction of sp³-hybridized carbons (Fsp3) is 1.00. The zero-order valence-electron chi connectivity index (χ0n) is 19.3. The predicted octanol–water partition coefficient (Wildman–Crippen LogP) is 10.2. The van der Waals surface area contributed by atoms with E-state index in [4.69, 9.17) is 0 Å². The standard InChI is InChI=1S/C26H54/c1-5-8-9-10-11-12-13-14-15-16-17-18-19-20-21-22-23-24-25-26(4,6-2)7-3/h5-25H2,1-4H3. The van der Waals surface area contributed by atoms with Crippen LogP contribution in [-0.2, 0) is 0 Å². The Labute approximate surface area is 168 Å². The van der Waals surface area contributed by atoms with E-state index in [0.717, 1.165) is 0 Å². The van der Waals surface area contributed by atoms with Crippen LogP contribution < -0.4 is 0 Å². The molecule has 0 heterocycles. The van der Waals surface area contributed by atoms with E-state index >= 15 is 0 Å². The second-order valence-electron chi connectivity index (χ2n) is 9.28. The predicted molar refractivity (Wildman–Crippen MR) is 122 cm³/mol.